The summed E-state index contributed by atoms with van der Waals surface area (Å²) in [6.45, 7) is 0. The van der Waals surface area contributed by atoms with E-state index in [9.17, 15) is 14.4 Å². The first-order chi connectivity index (χ1) is 14.6. The molecule has 2 aromatic rings. The van der Waals surface area contributed by atoms with Crippen LogP contribution in [-0.2, 0) is 14.3 Å². The number of benzene rings is 2. The number of carbonyl (C=O) groups excluding carboxylic acids is 3. The number of ether oxygens (including phenoxy) is 1. The van der Waals surface area contributed by atoms with Gasteiger partial charge in [0.2, 0.25) is 11.8 Å². The Labute approximate surface area is 180 Å². The summed E-state index contributed by atoms with van der Waals surface area (Å²) in [7, 11) is 1.30. The largest absolute Gasteiger partial charge is 0.465 e. The lowest BCUT2D eigenvalue weighted by molar-refractivity contribution is -0.120. The molecule has 2 aromatic carbocycles. The minimum Gasteiger partial charge on any atom is -0.465 e. The number of hydrogen-bond donors (Lipinski definition) is 2. The molecular weight excluding hydrogens is 400 g/mol. The second-order valence-electron chi connectivity index (χ2n) is 7.22. The van der Waals surface area contributed by atoms with Crippen LogP contribution < -0.4 is 10.6 Å². The van der Waals surface area contributed by atoms with E-state index in [1.165, 1.54) is 25.3 Å². The molecule has 0 atom stereocenters. The maximum atomic E-state index is 12.3. The fourth-order valence-corrected chi connectivity index (χ4v) is 4.16. The fraction of sp³-hybridized carbons (Fsp3) is 0.348. The van der Waals surface area contributed by atoms with Crippen LogP contribution in [0.25, 0.3) is 0 Å². The third-order valence-electron chi connectivity index (χ3n) is 5.07. The maximum Gasteiger partial charge on any atom is 0.339 e. The highest BCUT2D eigenvalue weighted by Gasteiger charge is 2.21. The van der Waals surface area contributed by atoms with E-state index in [1.54, 1.807) is 24.3 Å². The van der Waals surface area contributed by atoms with Crippen molar-refractivity contribution in [3.8, 4) is 0 Å². The summed E-state index contributed by atoms with van der Waals surface area (Å²) >= 11 is 1.38. The minimum atomic E-state index is -0.496. The van der Waals surface area contributed by atoms with Gasteiger partial charge in [-0.05, 0) is 49.2 Å². The van der Waals surface area contributed by atoms with Crippen molar-refractivity contribution >= 4 is 40.9 Å². The van der Waals surface area contributed by atoms with Crippen molar-refractivity contribution in [2.24, 2.45) is 5.92 Å². The van der Waals surface area contributed by atoms with Gasteiger partial charge in [-0.3, -0.25) is 9.59 Å². The summed E-state index contributed by atoms with van der Waals surface area (Å²) in [6.07, 6.45) is 5.40. The third-order valence-corrected chi connectivity index (χ3v) is 6.09. The first-order valence-corrected chi connectivity index (χ1v) is 11.1. The van der Waals surface area contributed by atoms with Crippen LogP contribution in [0.15, 0.2) is 53.4 Å². The topological polar surface area (TPSA) is 84.5 Å². The quantitative estimate of drug-likeness (QED) is 0.494. The van der Waals surface area contributed by atoms with Gasteiger partial charge in [-0.2, -0.15) is 0 Å². The predicted molar refractivity (Wildman–Crippen MR) is 119 cm³/mol. The third kappa shape index (κ3) is 6.10. The van der Waals surface area contributed by atoms with E-state index in [-0.39, 0.29) is 23.5 Å². The molecule has 3 rings (SSSR count). The molecule has 7 heteroatoms. The molecule has 0 heterocycles. The molecule has 0 spiro atoms. The lowest BCUT2D eigenvalue weighted by atomic mass is 9.88. The van der Waals surface area contributed by atoms with Crippen LogP contribution in [0, 0.1) is 5.92 Å². The highest BCUT2D eigenvalue weighted by Crippen LogP contribution is 2.26. The number of rotatable bonds is 7. The molecule has 2 N–H and O–H groups in total. The minimum absolute atomic E-state index is 0.0961. The molecule has 1 saturated carbocycles. The summed E-state index contributed by atoms with van der Waals surface area (Å²) in [5.74, 6) is -0.304. The zero-order valence-electron chi connectivity index (χ0n) is 17.0. The van der Waals surface area contributed by atoms with Gasteiger partial charge in [0, 0.05) is 16.5 Å². The molecular formula is C23H26N2O4S. The Morgan fingerprint density at radius 3 is 2.37 bits per heavy atom. The number of methoxy groups -OCH3 is 1. The van der Waals surface area contributed by atoms with Crippen molar-refractivity contribution in [2.45, 2.75) is 37.0 Å². The molecule has 6 nitrogen and oxygen atoms in total. The van der Waals surface area contributed by atoms with E-state index < -0.39 is 5.97 Å². The standard InChI is InChI=1S/C23H26N2O4S/c1-29-23(28)19-9-5-6-10-20(19)25-21(26)15-30-18-13-11-17(12-14-18)24-22(27)16-7-3-2-4-8-16/h5-6,9-14,16H,2-4,7-8,15H2,1H3,(H,24,27)(H,25,26). The number of anilines is 2. The molecule has 158 valence electrons. The summed E-state index contributed by atoms with van der Waals surface area (Å²) < 4.78 is 4.74. The van der Waals surface area contributed by atoms with Gasteiger partial charge in [-0.15, -0.1) is 11.8 Å². The number of amides is 2. The van der Waals surface area contributed by atoms with Crippen molar-refractivity contribution in [1.29, 1.82) is 0 Å². The molecule has 0 radical (unpaired) electrons. The number of para-hydroxylation sites is 1. The van der Waals surface area contributed by atoms with Gasteiger partial charge < -0.3 is 15.4 Å². The number of nitrogens with one attached hydrogen (secondary N) is 2. The van der Waals surface area contributed by atoms with E-state index in [1.807, 2.05) is 24.3 Å². The zero-order valence-corrected chi connectivity index (χ0v) is 17.8. The fourth-order valence-electron chi connectivity index (χ4n) is 3.46. The van der Waals surface area contributed by atoms with Crippen molar-refractivity contribution in [2.75, 3.05) is 23.5 Å². The van der Waals surface area contributed by atoms with E-state index in [4.69, 9.17) is 4.74 Å². The second kappa shape index (κ2) is 10.8. The predicted octanol–water partition coefficient (Wildman–Crippen LogP) is 4.72. The van der Waals surface area contributed by atoms with Crippen molar-refractivity contribution in [3.05, 3.63) is 54.1 Å². The number of hydrogen-bond acceptors (Lipinski definition) is 5. The lowest BCUT2D eigenvalue weighted by Gasteiger charge is -2.20. The summed E-state index contributed by atoms with van der Waals surface area (Å²) in [5, 5.41) is 5.74. The summed E-state index contributed by atoms with van der Waals surface area (Å²) in [4.78, 5) is 37.3. The molecule has 0 bridgehead atoms. The van der Waals surface area contributed by atoms with Gasteiger partial charge >= 0.3 is 5.97 Å². The van der Waals surface area contributed by atoms with Crippen molar-refractivity contribution < 1.29 is 19.1 Å². The number of carbonyl (C=O) groups is 3. The average Bonchev–Trinajstić information content (AvgIpc) is 2.79. The highest BCUT2D eigenvalue weighted by atomic mass is 32.2. The van der Waals surface area contributed by atoms with E-state index in [2.05, 4.69) is 10.6 Å². The van der Waals surface area contributed by atoms with E-state index in [0.717, 1.165) is 36.3 Å². The van der Waals surface area contributed by atoms with Crippen LogP contribution in [0.2, 0.25) is 0 Å². The highest BCUT2D eigenvalue weighted by molar-refractivity contribution is 8.00. The molecule has 1 aliphatic carbocycles. The van der Waals surface area contributed by atoms with Crippen molar-refractivity contribution in [1.82, 2.24) is 0 Å². The van der Waals surface area contributed by atoms with Crippen LogP contribution in [0.3, 0.4) is 0 Å². The molecule has 1 aliphatic rings. The zero-order chi connectivity index (χ0) is 21.3. The maximum absolute atomic E-state index is 12.3. The van der Waals surface area contributed by atoms with E-state index in [0.29, 0.717) is 11.3 Å². The van der Waals surface area contributed by atoms with Gasteiger partial charge in [-0.1, -0.05) is 31.4 Å². The van der Waals surface area contributed by atoms with Gasteiger partial charge in [0.15, 0.2) is 0 Å². The van der Waals surface area contributed by atoms with E-state index >= 15 is 0 Å². The Morgan fingerprint density at radius 2 is 1.67 bits per heavy atom. The molecule has 0 aliphatic heterocycles. The van der Waals surface area contributed by atoms with Crippen LogP contribution in [0.4, 0.5) is 11.4 Å². The van der Waals surface area contributed by atoms with Crippen LogP contribution in [0.5, 0.6) is 0 Å². The lowest BCUT2D eigenvalue weighted by Crippen LogP contribution is -2.24. The van der Waals surface area contributed by atoms with Crippen LogP contribution in [0.1, 0.15) is 42.5 Å². The molecule has 1 fully saturated rings. The van der Waals surface area contributed by atoms with Gasteiger partial charge in [0.25, 0.3) is 0 Å². The summed E-state index contributed by atoms with van der Waals surface area (Å²) in [5.41, 5.74) is 1.51. The number of thioether (sulfide) groups is 1. The molecule has 2 amide bonds. The van der Waals surface area contributed by atoms with Gasteiger partial charge in [-0.25, -0.2) is 4.79 Å². The number of esters is 1. The first kappa shape index (κ1) is 21.9. The second-order valence-corrected chi connectivity index (χ2v) is 8.27. The first-order valence-electron chi connectivity index (χ1n) is 10.1. The molecule has 0 aromatic heterocycles. The SMILES string of the molecule is COC(=O)c1ccccc1NC(=O)CSc1ccc(NC(=O)C2CCCCC2)cc1. The summed E-state index contributed by atoms with van der Waals surface area (Å²) in [6, 6.07) is 14.2. The smallest absolute Gasteiger partial charge is 0.339 e. The monoisotopic (exact) mass is 426 g/mol. The Bertz CT molecular complexity index is 892. The Kier molecular flexibility index (Phi) is 7.90. The Morgan fingerprint density at radius 1 is 0.967 bits per heavy atom. The average molecular weight is 427 g/mol. The molecule has 0 unspecified atom stereocenters. The molecule has 0 saturated heterocycles. The molecule has 30 heavy (non-hydrogen) atoms. The normalized spacial score (nSPS) is 14.0. The Balaban J connectivity index is 1.50. The van der Waals surface area contributed by atoms with Gasteiger partial charge in [0.1, 0.15) is 0 Å². The van der Waals surface area contributed by atoms with Crippen LogP contribution >= 0.6 is 11.8 Å². The van der Waals surface area contributed by atoms with Crippen LogP contribution in [-0.4, -0.2) is 30.6 Å². The van der Waals surface area contributed by atoms with Gasteiger partial charge in [0.05, 0.1) is 24.1 Å². The van der Waals surface area contributed by atoms with Crippen molar-refractivity contribution in [3.63, 3.8) is 0 Å². The Hall–Kier alpha value is -2.80.